The fourth-order valence-corrected chi connectivity index (χ4v) is 2.14. The lowest BCUT2D eigenvalue weighted by atomic mass is 10.2. The fourth-order valence-electron chi connectivity index (χ4n) is 1.46. The number of rotatable bonds is 8. The van der Waals surface area contributed by atoms with Crippen LogP contribution in [0.3, 0.4) is 0 Å². The van der Waals surface area contributed by atoms with E-state index < -0.39 is 10.8 Å². The zero-order valence-corrected chi connectivity index (χ0v) is 11.9. The van der Waals surface area contributed by atoms with Gasteiger partial charge in [0, 0.05) is 28.7 Å². The van der Waals surface area contributed by atoms with E-state index in [-0.39, 0.29) is 19.0 Å². The van der Waals surface area contributed by atoms with Crippen LogP contribution in [0.5, 0.6) is 17.2 Å². The predicted molar refractivity (Wildman–Crippen MR) is 74.4 cm³/mol. The van der Waals surface area contributed by atoms with Crippen LogP contribution in [0, 0.1) is 0 Å². The summed E-state index contributed by atoms with van der Waals surface area (Å²) in [5.74, 6) is 2.02. The molecule has 0 fully saturated rings. The Balaban J connectivity index is 2.69. The van der Waals surface area contributed by atoms with Crippen molar-refractivity contribution in [3.63, 3.8) is 0 Å². The molecule has 0 heterocycles. The maximum absolute atomic E-state index is 11.4. The van der Waals surface area contributed by atoms with E-state index in [0.717, 1.165) is 0 Å². The van der Waals surface area contributed by atoms with E-state index in [1.807, 2.05) is 0 Å². The molecule has 0 unspecified atom stereocenters. The Bertz CT molecular complexity index is 438. The van der Waals surface area contributed by atoms with Crippen molar-refractivity contribution in [3.8, 4) is 17.2 Å². The second kappa shape index (κ2) is 7.85. The van der Waals surface area contributed by atoms with Crippen LogP contribution in [-0.4, -0.2) is 48.3 Å². The van der Waals surface area contributed by atoms with Gasteiger partial charge in [0.2, 0.25) is 0 Å². The number of aliphatic hydroxyl groups is 1. The largest absolute Gasteiger partial charge is 0.497 e. The summed E-state index contributed by atoms with van der Waals surface area (Å²) in [6, 6.07) is 3.29. The predicted octanol–water partition coefficient (Wildman–Crippen LogP) is 0.406. The Hall–Kier alpha value is -1.47. The van der Waals surface area contributed by atoms with Crippen LogP contribution in [0.15, 0.2) is 12.1 Å². The standard InChI is InChI=1S/C12H19NO5S/c1-16-9-7-10(13)12(11(8-9)17-2)18-4-6-19(15)5-3-14/h7-8,14H,3-6,13H2,1-2H3/t19-/m1/s1. The highest BCUT2D eigenvalue weighted by Gasteiger charge is 2.12. The molecule has 0 aliphatic carbocycles. The molecule has 0 saturated carbocycles. The summed E-state index contributed by atoms with van der Waals surface area (Å²) in [4.78, 5) is 0. The molecule has 0 amide bonds. The fraction of sp³-hybridized carbons (Fsp3) is 0.500. The maximum Gasteiger partial charge on any atom is 0.184 e. The summed E-state index contributed by atoms with van der Waals surface area (Å²) in [5, 5.41) is 8.65. The summed E-state index contributed by atoms with van der Waals surface area (Å²) < 4.78 is 27.1. The molecule has 1 aromatic rings. The Morgan fingerprint density at radius 3 is 2.58 bits per heavy atom. The summed E-state index contributed by atoms with van der Waals surface area (Å²) in [5.41, 5.74) is 6.24. The van der Waals surface area contributed by atoms with Gasteiger partial charge >= 0.3 is 0 Å². The van der Waals surface area contributed by atoms with E-state index in [4.69, 9.17) is 25.1 Å². The molecule has 1 atom stereocenters. The molecule has 0 spiro atoms. The number of anilines is 1. The van der Waals surface area contributed by atoms with Gasteiger partial charge in [0.25, 0.3) is 0 Å². The minimum Gasteiger partial charge on any atom is -0.497 e. The summed E-state index contributed by atoms with van der Waals surface area (Å²) in [6.45, 7) is 0.139. The van der Waals surface area contributed by atoms with Crippen molar-refractivity contribution >= 4 is 16.5 Å². The molecule has 0 aliphatic rings. The van der Waals surface area contributed by atoms with Gasteiger partial charge < -0.3 is 25.1 Å². The van der Waals surface area contributed by atoms with E-state index in [1.165, 1.54) is 14.2 Å². The zero-order valence-electron chi connectivity index (χ0n) is 11.0. The lowest BCUT2D eigenvalue weighted by molar-refractivity contribution is 0.310. The van der Waals surface area contributed by atoms with Gasteiger partial charge in [-0.1, -0.05) is 0 Å². The Morgan fingerprint density at radius 1 is 1.26 bits per heavy atom. The third kappa shape index (κ3) is 4.60. The average Bonchev–Trinajstić information content (AvgIpc) is 2.40. The zero-order chi connectivity index (χ0) is 14.3. The summed E-state index contributed by atoms with van der Waals surface area (Å²) in [7, 11) is 1.94. The molecule has 3 N–H and O–H groups in total. The van der Waals surface area contributed by atoms with Gasteiger partial charge in [-0.2, -0.15) is 0 Å². The topological polar surface area (TPSA) is 91.0 Å². The van der Waals surface area contributed by atoms with Gasteiger partial charge in [-0.15, -0.1) is 0 Å². The van der Waals surface area contributed by atoms with Crippen molar-refractivity contribution < 1.29 is 23.5 Å². The number of nitrogens with two attached hydrogens (primary N) is 1. The maximum atomic E-state index is 11.4. The lowest BCUT2D eigenvalue weighted by Crippen LogP contribution is -2.13. The van der Waals surface area contributed by atoms with Crippen molar-refractivity contribution in [1.29, 1.82) is 0 Å². The highest BCUT2D eigenvalue weighted by Crippen LogP contribution is 2.37. The van der Waals surface area contributed by atoms with Gasteiger partial charge in [0.1, 0.15) is 12.4 Å². The third-order valence-corrected chi connectivity index (χ3v) is 3.65. The minimum absolute atomic E-state index is 0.0966. The quantitative estimate of drug-likeness (QED) is 0.673. The number of methoxy groups -OCH3 is 2. The molecule has 7 heteroatoms. The van der Waals surface area contributed by atoms with Gasteiger partial charge in [0.15, 0.2) is 11.5 Å². The molecular formula is C12H19NO5S. The highest BCUT2D eigenvalue weighted by molar-refractivity contribution is 7.85. The molecule has 0 radical (unpaired) electrons. The highest BCUT2D eigenvalue weighted by atomic mass is 32.2. The van der Waals surface area contributed by atoms with Crippen molar-refractivity contribution in [2.45, 2.75) is 0 Å². The molecule has 1 rings (SSSR count). The molecule has 1 aromatic carbocycles. The summed E-state index contributed by atoms with van der Waals surface area (Å²) in [6.07, 6.45) is 0. The van der Waals surface area contributed by atoms with E-state index in [1.54, 1.807) is 12.1 Å². The van der Waals surface area contributed by atoms with E-state index >= 15 is 0 Å². The van der Waals surface area contributed by atoms with Crippen LogP contribution in [0.1, 0.15) is 0 Å². The van der Waals surface area contributed by atoms with Crippen molar-refractivity contribution in [2.75, 3.05) is 44.7 Å². The molecule has 6 nitrogen and oxygen atoms in total. The van der Waals surface area contributed by atoms with E-state index in [2.05, 4.69) is 0 Å². The lowest BCUT2D eigenvalue weighted by Gasteiger charge is -2.14. The second-order valence-corrected chi connectivity index (χ2v) is 5.36. The number of benzene rings is 1. The van der Waals surface area contributed by atoms with Crippen molar-refractivity contribution in [2.24, 2.45) is 0 Å². The first-order valence-corrected chi connectivity index (χ1v) is 7.21. The van der Waals surface area contributed by atoms with E-state index in [9.17, 15) is 4.21 Å². The van der Waals surface area contributed by atoms with Crippen molar-refractivity contribution in [1.82, 2.24) is 0 Å². The third-order valence-electron chi connectivity index (χ3n) is 2.39. The van der Waals surface area contributed by atoms with Gasteiger partial charge in [-0.3, -0.25) is 4.21 Å². The Morgan fingerprint density at radius 2 is 2.00 bits per heavy atom. The van der Waals surface area contributed by atoms with Crippen molar-refractivity contribution in [3.05, 3.63) is 12.1 Å². The first-order valence-electron chi connectivity index (χ1n) is 5.72. The smallest absolute Gasteiger partial charge is 0.184 e. The number of hydrogen-bond donors (Lipinski definition) is 2. The Labute approximate surface area is 114 Å². The summed E-state index contributed by atoms with van der Waals surface area (Å²) >= 11 is 0. The van der Waals surface area contributed by atoms with Gasteiger partial charge in [-0.05, 0) is 0 Å². The molecule has 0 saturated heterocycles. The number of ether oxygens (including phenoxy) is 3. The van der Waals surface area contributed by atoms with Crippen LogP contribution < -0.4 is 19.9 Å². The van der Waals surface area contributed by atoms with E-state index in [0.29, 0.717) is 28.7 Å². The van der Waals surface area contributed by atoms with Crippen LogP contribution in [0.4, 0.5) is 5.69 Å². The number of aliphatic hydroxyl groups excluding tert-OH is 1. The SMILES string of the molecule is COc1cc(N)c(OCC[S@](=O)CCO)c(OC)c1. The molecule has 0 aliphatic heterocycles. The van der Waals surface area contributed by atoms with Gasteiger partial charge in [0.05, 0.1) is 32.3 Å². The number of hydrogen-bond acceptors (Lipinski definition) is 6. The Kier molecular flexibility index (Phi) is 6.44. The normalized spacial score (nSPS) is 11.9. The van der Waals surface area contributed by atoms with Crippen LogP contribution >= 0.6 is 0 Å². The van der Waals surface area contributed by atoms with Crippen LogP contribution in [-0.2, 0) is 10.8 Å². The second-order valence-electron chi connectivity index (χ2n) is 3.67. The molecule has 108 valence electrons. The first-order chi connectivity index (χ1) is 9.12. The average molecular weight is 289 g/mol. The van der Waals surface area contributed by atoms with Crippen LogP contribution in [0.2, 0.25) is 0 Å². The van der Waals surface area contributed by atoms with Gasteiger partial charge in [-0.25, -0.2) is 0 Å². The monoisotopic (exact) mass is 289 g/mol. The molecule has 19 heavy (non-hydrogen) atoms. The molecule has 0 bridgehead atoms. The molecular weight excluding hydrogens is 270 g/mol. The van der Waals surface area contributed by atoms with Crippen LogP contribution in [0.25, 0.3) is 0 Å². The first kappa shape index (κ1) is 15.6. The molecule has 0 aromatic heterocycles. The minimum atomic E-state index is -1.10. The number of nitrogen functional groups attached to an aromatic ring is 1.